The Hall–Kier alpha value is -2.05. The maximum atomic E-state index is 12.4. The summed E-state index contributed by atoms with van der Waals surface area (Å²) in [6.07, 6.45) is 0. The predicted molar refractivity (Wildman–Crippen MR) is 90.5 cm³/mol. The Kier molecular flexibility index (Phi) is 4.54. The highest BCUT2D eigenvalue weighted by atomic mass is 35.5. The van der Waals surface area contributed by atoms with Crippen LogP contribution >= 0.6 is 23.2 Å². The lowest BCUT2D eigenvalue weighted by atomic mass is 10.2. The number of piperazine rings is 1. The quantitative estimate of drug-likeness (QED) is 0.858. The molecule has 1 aromatic carbocycles. The number of nitrogens with zero attached hydrogens (tertiary/aromatic N) is 4. The van der Waals surface area contributed by atoms with Crippen LogP contribution in [0.5, 0.6) is 0 Å². The first-order valence-electron chi connectivity index (χ1n) is 7.08. The molecule has 8 heteroatoms. The molecule has 0 atom stereocenters. The van der Waals surface area contributed by atoms with Crippen LogP contribution in [0.15, 0.2) is 30.3 Å². The van der Waals surface area contributed by atoms with Gasteiger partial charge in [0.25, 0.3) is 0 Å². The zero-order valence-corrected chi connectivity index (χ0v) is 13.8. The van der Waals surface area contributed by atoms with Crippen molar-refractivity contribution in [3.05, 3.63) is 46.1 Å². The normalized spacial score (nSPS) is 15.1. The van der Waals surface area contributed by atoms with Crippen LogP contribution in [-0.2, 0) is 11.3 Å². The molecular weight excluding hydrogens is 337 g/mol. The van der Waals surface area contributed by atoms with Crippen molar-refractivity contribution in [2.24, 2.45) is 0 Å². The van der Waals surface area contributed by atoms with Crippen molar-refractivity contribution in [3.63, 3.8) is 0 Å². The Labute approximate surface area is 143 Å². The number of anilines is 2. The molecule has 1 fully saturated rings. The summed E-state index contributed by atoms with van der Waals surface area (Å²) in [5.74, 6) is 0.699. The van der Waals surface area contributed by atoms with Gasteiger partial charge in [-0.05, 0) is 17.7 Å². The fourth-order valence-corrected chi connectivity index (χ4v) is 2.78. The molecule has 6 nitrogen and oxygen atoms in total. The molecule has 0 unspecified atom stereocenters. The molecular formula is C15H15Cl2N5O. The number of hydrogen-bond acceptors (Lipinski definition) is 5. The second-order valence-corrected chi connectivity index (χ2v) is 6.09. The summed E-state index contributed by atoms with van der Waals surface area (Å²) in [6, 6.07) is 9.10. The van der Waals surface area contributed by atoms with Crippen molar-refractivity contribution < 1.29 is 4.79 Å². The lowest BCUT2D eigenvalue weighted by molar-refractivity contribution is -0.131. The fourth-order valence-electron chi connectivity index (χ4n) is 2.47. The lowest BCUT2D eigenvalue weighted by Crippen LogP contribution is -2.50. The Morgan fingerprint density at radius 3 is 2.52 bits per heavy atom. The average molecular weight is 352 g/mol. The molecule has 1 aliphatic heterocycles. The Balaban J connectivity index is 1.67. The van der Waals surface area contributed by atoms with Crippen molar-refractivity contribution in [1.29, 1.82) is 0 Å². The molecule has 23 heavy (non-hydrogen) atoms. The zero-order valence-electron chi connectivity index (χ0n) is 12.2. The van der Waals surface area contributed by atoms with E-state index in [1.54, 1.807) is 6.07 Å². The highest BCUT2D eigenvalue weighted by molar-refractivity contribution is 6.30. The van der Waals surface area contributed by atoms with E-state index in [1.165, 1.54) is 0 Å². The van der Waals surface area contributed by atoms with E-state index in [-0.39, 0.29) is 23.6 Å². The van der Waals surface area contributed by atoms with Gasteiger partial charge in [0.05, 0.1) is 6.54 Å². The van der Waals surface area contributed by atoms with E-state index in [4.69, 9.17) is 28.9 Å². The van der Waals surface area contributed by atoms with Gasteiger partial charge in [0, 0.05) is 30.7 Å². The van der Waals surface area contributed by atoms with Crippen molar-refractivity contribution in [3.8, 4) is 0 Å². The fraction of sp³-hybridized carbons (Fsp3) is 0.267. The maximum absolute atomic E-state index is 12.4. The summed E-state index contributed by atoms with van der Waals surface area (Å²) in [7, 11) is 0. The number of nitrogens with two attached hydrogens (primary N) is 1. The summed E-state index contributed by atoms with van der Waals surface area (Å²) in [5, 5.41) is 0.951. The third kappa shape index (κ3) is 3.83. The number of benzene rings is 1. The Bertz CT molecular complexity index is 702. The van der Waals surface area contributed by atoms with Crippen LogP contribution in [0.25, 0.3) is 0 Å². The topological polar surface area (TPSA) is 75.3 Å². The summed E-state index contributed by atoms with van der Waals surface area (Å²) >= 11 is 11.8. The van der Waals surface area contributed by atoms with Gasteiger partial charge in [-0.3, -0.25) is 4.79 Å². The smallest absolute Gasteiger partial charge is 0.242 e. The standard InChI is InChI=1S/C15H15Cl2N5O/c16-11-3-1-10(2-4-11)8-22-6-5-21(9-14(22)23)13-7-12(17)19-15(18)20-13/h1-4,7H,5-6,8-9H2,(H2,18,19,20). The largest absolute Gasteiger partial charge is 0.368 e. The minimum absolute atomic E-state index is 0.0273. The van der Waals surface area contributed by atoms with E-state index in [0.29, 0.717) is 30.5 Å². The number of carbonyl (C=O) groups excluding carboxylic acids is 1. The van der Waals surface area contributed by atoms with Crippen LogP contribution < -0.4 is 10.6 Å². The number of hydrogen-bond donors (Lipinski definition) is 1. The molecule has 1 amide bonds. The van der Waals surface area contributed by atoms with Crippen LogP contribution in [0.3, 0.4) is 0 Å². The molecule has 0 spiro atoms. The van der Waals surface area contributed by atoms with Crippen LogP contribution in [0.4, 0.5) is 11.8 Å². The van der Waals surface area contributed by atoms with Gasteiger partial charge in [0.2, 0.25) is 11.9 Å². The van der Waals surface area contributed by atoms with Crippen LogP contribution in [0.1, 0.15) is 5.56 Å². The van der Waals surface area contributed by atoms with Crippen LogP contribution in [0.2, 0.25) is 10.2 Å². The lowest BCUT2D eigenvalue weighted by Gasteiger charge is -2.35. The van der Waals surface area contributed by atoms with Crippen molar-refractivity contribution in [2.75, 3.05) is 30.3 Å². The highest BCUT2D eigenvalue weighted by Crippen LogP contribution is 2.20. The summed E-state index contributed by atoms with van der Waals surface area (Å²) in [4.78, 5) is 24.0. The number of nitrogen functional groups attached to an aromatic ring is 1. The van der Waals surface area contributed by atoms with Crippen molar-refractivity contribution >= 4 is 40.9 Å². The summed E-state index contributed by atoms with van der Waals surface area (Å²) in [5.41, 5.74) is 6.65. The summed E-state index contributed by atoms with van der Waals surface area (Å²) in [6.45, 7) is 2.06. The van der Waals surface area contributed by atoms with Crippen LogP contribution in [0, 0.1) is 0 Å². The van der Waals surface area contributed by atoms with Crippen molar-refractivity contribution in [1.82, 2.24) is 14.9 Å². The van der Waals surface area contributed by atoms with Gasteiger partial charge >= 0.3 is 0 Å². The van der Waals surface area contributed by atoms with E-state index in [0.717, 1.165) is 5.56 Å². The zero-order chi connectivity index (χ0) is 16.4. The first-order valence-corrected chi connectivity index (χ1v) is 7.84. The molecule has 120 valence electrons. The molecule has 0 saturated carbocycles. The maximum Gasteiger partial charge on any atom is 0.242 e. The molecule has 2 heterocycles. The average Bonchev–Trinajstić information content (AvgIpc) is 2.50. The van der Waals surface area contributed by atoms with Crippen molar-refractivity contribution in [2.45, 2.75) is 6.54 Å². The van der Waals surface area contributed by atoms with Gasteiger partial charge in [-0.1, -0.05) is 35.3 Å². The highest BCUT2D eigenvalue weighted by Gasteiger charge is 2.25. The second kappa shape index (κ2) is 6.60. The third-order valence-electron chi connectivity index (χ3n) is 3.63. The molecule has 2 N–H and O–H groups in total. The predicted octanol–water partition coefficient (Wildman–Crippen LogP) is 2.21. The van der Waals surface area contributed by atoms with Gasteiger partial charge < -0.3 is 15.5 Å². The molecule has 0 radical (unpaired) electrons. The Morgan fingerprint density at radius 2 is 1.87 bits per heavy atom. The van der Waals surface area contributed by atoms with E-state index < -0.39 is 0 Å². The monoisotopic (exact) mass is 351 g/mol. The molecule has 0 aliphatic carbocycles. The van der Waals surface area contributed by atoms with Gasteiger partial charge in [-0.25, -0.2) is 4.98 Å². The van der Waals surface area contributed by atoms with Crippen LogP contribution in [-0.4, -0.2) is 40.4 Å². The number of carbonyl (C=O) groups is 1. The van der Waals surface area contributed by atoms with E-state index in [2.05, 4.69) is 9.97 Å². The summed E-state index contributed by atoms with van der Waals surface area (Å²) < 4.78 is 0. The SMILES string of the molecule is Nc1nc(Cl)cc(N2CCN(Cc3ccc(Cl)cc3)C(=O)C2)n1. The van der Waals surface area contributed by atoms with Gasteiger partial charge in [-0.2, -0.15) is 4.98 Å². The number of amides is 1. The molecule has 2 aromatic rings. The first-order chi connectivity index (χ1) is 11.0. The van der Waals surface area contributed by atoms with E-state index in [9.17, 15) is 4.79 Å². The van der Waals surface area contributed by atoms with Gasteiger partial charge in [-0.15, -0.1) is 0 Å². The second-order valence-electron chi connectivity index (χ2n) is 5.27. The van der Waals surface area contributed by atoms with Gasteiger partial charge in [0.1, 0.15) is 11.0 Å². The number of aromatic nitrogens is 2. The number of halogens is 2. The number of rotatable bonds is 3. The molecule has 3 rings (SSSR count). The molecule has 1 aliphatic rings. The molecule has 1 saturated heterocycles. The first kappa shape index (κ1) is 15.8. The minimum Gasteiger partial charge on any atom is -0.368 e. The van der Waals surface area contributed by atoms with E-state index >= 15 is 0 Å². The van der Waals surface area contributed by atoms with E-state index in [1.807, 2.05) is 34.1 Å². The Morgan fingerprint density at radius 1 is 1.13 bits per heavy atom. The molecule has 0 bridgehead atoms. The molecule has 1 aromatic heterocycles. The third-order valence-corrected chi connectivity index (χ3v) is 4.07. The minimum atomic E-state index is 0.0273. The van der Waals surface area contributed by atoms with Gasteiger partial charge in [0.15, 0.2) is 0 Å².